The average molecular weight is 210 g/mol. The molecule has 1 aromatic heterocycles. The molecule has 15 heavy (non-hydrogen) atoms. The third kappa shape index (κ3) is 2.41. The van der Waals surface area contributed by atoms with Gasteiger partial charge in [-0.05, 0) is 12.0 Å². The topological polar surface area (TPSA) is 104 Å². The first-order chi connectivity index (χ1) is 6.93. The molecule has 0 aromatic carbocycles. The van der Waals surface area contributed by atoms with Crippen molar-refractivity contribution in [1.29, 1.82) is 0 Å². The number of nitrogens with zero attached hydrogens (tertiary/aromatic N) is 2. The molecule has 0 amide bonds. The Labute approximate surface area is 86.9 Å². The minimum absolute atomic E-state index is 0.0399. The number of hydrogen-bond acceptors (Lipinski definition) is 5. The Morgan fingerprint density at radius 2 is 2.13 bits per heavy atom. The summed E-state index contributed by atoms with van der Waals surface area (Å²) >= 11 is 0. The van der Waals surface area contributed by atoms with E-state index in [1.807, 2.05) is 0 Å². The van der Waals surface area contributed by atoms with Gasteiger partial charge in [0.15, 0.2) is 0 Å². The third-order valence-corrected chi connectivity index (χ3v) is 2.07. The number of nitrogens with two attached hydrogens (primary N) is 2. The summed E-state index contributed by atoms with van der Waals surface area (Å²) < 4.78 is 0.876. The first-order valence-corrected chi connectivity index (χ1v) is 4.58. The maximum Gasteiger partial charge on any atom is 0.356 e. The molecule has 1 heterocycles. The second kappa shape index (κ2) is 4.22. The van der Waals surface area contributed by atoms with Crippen molar-refractivity contribution in [1.82, 2.24) is 9.55 Å². The smallest absolute Gasteiger partial charge is 0.356 e. The van der Waals surface area contributed by atoms with E-state index < -0.39 is 17.6 Å². The molecule has 4 N–H and O–H groups in total. The zero-order chi connectivity index (χ0) is 11.6. The summed E-state index contributed by atoms with van der Waals surface area (Å²) in [7, 11) is 0. The molecule has 1 aromatic rings. The van der Waals surface area contributed by atoms with E-state index in [2.05, 4.69) is 4.98 Å². The first kappa shape index (κ1) is 11.4. The summed E-state index contributed by atoms with van der Waals surface area (Å²) in [5, 5.41) is 0. The fourth-order valence-corrected chi connectivity index (χ4v) is 1.03. The lowest BCUT2D eigenvalue weighted by Gasteiger charge is -2.14. The molecule has 0 fully saturated rings. The molecule has 0 bridgehead atoms. The molecule has 0 aliphatic rings. The fourth-order valence-electron chi connectivity index (χ4n) is 1.03. The number of carbonyl (C=O) groups excluding carboxylic acids is 1. The average Bonchev–Trinajstić information content (AvgIpc) is 2.15. The molecular formula is C9H14N4O2. The van der Waals surface area contributed by atoms with Crippen molar-refractivity contribution < 1.29 is 4.79 Å². The van der Waals surface area contributed by atoms with Crippen LogP contribution >= 0.6 is 0 Å². The molecule has 1 rings (SSSR count). The highest BCUT2D eigenvalue weighted by Gasteiger charge is 2.20. The van der Waals surface area contributed by atoms with Crippen molar-refractivity contribution >= 4 is 11.7 Å². The maximum absolute atomic E-state index is 11.7. The second-order valence-electron chi connectivity index (χ2n) is 3.61. The number of hydrogen-bond donors (Lipinski definition) is 2. The third-order valence-electron chi connectivity index (χ3n) is 2.07. The molecule has 1 atom stereocenters. The second-order valence-corrected chi connectivity index (χ2v) is 3.61. The van der Waals surface area contributed by atoms with Crippen molar-refractivity contribution in [2.75, 3.05) is 5.73 Å². The normalized spacial score (nSPS) is 12.8. The lowest BCUT2D eigenvalue weighted by atomic mass is 10.1. The summed E-state index contributed by atoms with van der Waals surface area (Å²) in [6.07, 6.45) is 1.29. The van der Waals surface area contributed by atoms with Gasteiger partial charge in [0, 0.05) is 6.20 Å². The van der Waals surface area contributed by atoms with Crippen LogP contribution in [0, 0.1) is 5.92 Å². The highest BCUT2D eigenvalue weighted by atomic mass is 16.2. The van der Waals surface area contributed by atoms with Crippen molar-refractivity contribution in [2.24, 2.45) is 11.7 Å². The van der Waals surface area contributed by atoms with Crippen molar-refractivity contribution in [2.45, 2.75) is 19.9 Å². The van der Waals surface area contributed by atoms with Gasteiger partial charge in [-0.3, -0.25) is 4.79 Å². The van der Waals surface area contributed by atoms with Crippen molar-refractivity contribution in [3.8, 4) is 0 Å². The van der Waals surface area contributed by atoms with E-state index in [9.17, 15) is 9.59 Å². The summed E-state index contributed by atoms with van der Waals surface area (Å²) in [6.45, 7) is 3.61. The van der Waals surface area contributed by atoms with E-state index in [-0.39, 0.29) is 11.7 Å². The Bertz CT molecular complexity index is 424. The van der Waals surface area contributed by atoms with E-state index >= 15 is 0 Å². The molecule has 0 aliphatic heterocycles. The maximum atomic E-state index is 11.7. The molecule has 0 unspecified atom stereocenters. The van der Waals surface area contributed by atoms with Gasteiger partial charge in [0.25, 0.3) is 5.91 Å². The SMILES string of the molecule is CC(C)[C@H](N)C(=O)n1ccc(N)nc1=O. The summed E-state index contributed by atoms with van der Waals surface area (Å²) in [4.78, 5) is 26.4. The van der Waals surface area contributed by atoms with Crippen LogP contribution in [0.4, 0.5) is 5.82 Å². The molecule has 6 nitrogen and oxygen atoms in total. The number of nitrogen functional groups attached to an aromatic ring is 1. The number of aromatic nitrogens is 2. The zero-order valence-corrected chi connectivity index (χ0v) is 8.68. The van der Waals surface area contributed by atoms with Gasteiger partial charge in [-0.1, -0.05) is 13.8 Å². The van der Waals surface area contributed by atoms with Crippen LogP contribution in [0.1, 0.15) is 18.6 Å². The monoisotopic (exact) mass is 210 g/mol. The van der Waals surface area contributed by atoms with Gasteiger partial charge in [-0.15, -0.1) is 0 Å². The van der Waals surface area contributed by atoms with E-state index in [0.29, 0.717) is 0 Å². The molecule has 0 aliphatic carbocycles. The van der Waals surface area contributed by atoms with Crippen LogP contribution in [0.25, 0.3) is 0 Å². The van der Waals surface area contributed by atoms with Crippen LogP contribution in [0.15, 0.2) is 17.1 Å². The van der Waals surface area contributed by atoms with Crippen LogP contribution in [0.2, 0.25) is 0 Å². The zero-order valence-electron chi connectivity index (χ0n) is 8.68. The highest BCUT2D eigenvalue weighted by molar-refractivity contribution is 5.84. The first-order valence-electron chi connectivity index (χ1n) is 4.58. The summed E-state index contributed by atoms with van der Waals surface area (Å²) in [5.41, 5.74) is 10.2. The van der Waals surface area contributed by atoms with E-state index in [0.717, 1.165) is 4.57 Å². The van der Waals surface area contributed by atoms with Gasteiger partial charge in [-0.25, -0.2) is 9.36 Å². The van der Waals surface area contributed by atoms with Gasteiger partial charge in [0.1, 0.15) is 5.82 Å². The lowest BCUT2D eigenvalue weighted by Crippen LogP contribution is -2.43. The predicted octanol–water partition coefficient (Wildman–Crippen LogP) is -0.551. The number of rotatable bonds is 2. The largest absolute Gasteiger partial charge is 0.383 e. The standard InChI is InChI=1S/C9H14N4O2/c1-5(2)7(11)8(14)13-4-3-6(10)12-9(13)15/h3-5,7H,11H2,1-2H3,(H2,10,12,15)/t7-/m0/s1. The Balaban J connectivity index is 3.07. The minimum atomic E-state index is -0.715. The fraction of sp³-hybridized carbons (Fsp3) is 0.444. The predicted molar refractivity (Wildman–Crippen MR) is 56.3 cm³/mol. The molecular weight excluding hydrogens is 196 g/mol. The van der Waals surface area contributed by atoms with Gasteiger partial charge in [-0.2, -0.15) is 4.98 Å². The quantitative estimate of drug-likeness (QED) is 0.681. The Kier molecular flexibility index (Phi) is 3.21. The van der Waals surface area contributed by atoms with E-state index in [4.69, 9.17) is 11.5 Å². The van der Waals surface area contributed by atoms with Crippen LogP contribution in [-0.2, 0) is 0 Å². The molecule has 0 radical (unpaired) electrons. The van der Waals surface area contributed by atoms with Crippen LogP contribution < -0.4 is 17.2 Å². The van der Waals surface area contributed by atoms with E-state index in [1.54, 1.807) is 13.8 Å². The van der Waals surface area contributed by atoms with Crippen molar-refractivity contribution in [3.05, 3.63) is 22.7 Å². The van der Waals surface area contributed by atoms with Gasteiger partial charge in [0.2, 0.25) is 0 Å². The molecule has 0 saturated heterocycles. The van der Waals surface area contributed by atoms with Crippen LogP contribution in [0.5, 0.6) is 0 Å². The minimum Gasteiger partial charge on any atom is -0.383 e. The Morgan fingerprint density at radius 1 is 1.53 bits per heavy atom. The summed E-state index contributed by atoms with van der Waals surface area (Å²) in [6, 6.07) is 0.667. The number of carbonyl (C=O) groups is 1. The van der Waals surface area contributed by atoms with Crippen molar-refractivity contribution in [3.63, 3.8) is 0 Å². The summed E-state index contributed by atoms with van der Waals surface area (Å²) in [5.74, 6) is -0.424. The van der Waals surface area contributed by atoms with Crippen LogP contribution in [-0.4, -0.2) is 21.5 Å². The molecule has 0 spiro atoms. The highest BCUT2D eigenvalue weighted by Crippen LogP contribution is 2.01. The van der Waals surface area contributed by atoms with Gasteiger partial charge < -0.3 is 11.5 Å². The van der Waals surface area contributed by atoms with Crippen LogP contribution in [0.3, 0.4) is 0 Å². The van der Waals surface area contributed by atoms with E-state index in [1.165, 1.54) is 12.3 Å². The molecule has 0 saturated carbocycles. The molecule has 82 valence electrons. The number of anilines is 1. The van der Waals surface area contributed by atoms with Gasteiger partial charge >= 0.3 is 5.69 Å². The lowest BCUT2D eigenvalue weighted by molar-refractivity contribution is 0.0851. The Hall–Kier alpha value is -1.69. The Morgan fingerprint density at radius 3 is 2.60 bits per heavy atom. The van der Waals surface area contributed by atoms with Gasteiger partial charge in [0.05, 0.1) is 6.04 Å². The molecule has 6 heteroatoms.